The molecule has 0 aliphatic carbocycles. The lowest BCUT2D eigenvalue weighted by atomic mass is 9.86. The summed E-state index contributed by atoms with van der Waals surface area (Å²) >= 11 is 0. The Bertz CT molecular complexity index is 597. The van der Waals surface area contributed by atoms with Gasteiger partial charge >= 0.3 is 0 Å². The molecule has 2 rings (SSSR count). The Morgan fingerprint density at radius 2 is 1.36 bits per heavy atom. The van der Waals surface area contributed by atoms with E-state index in [4.69, 9.17) is 0 Å². The van der Waals surface area contributed by atoms with Crippen LogP contribution < -0.4 is 0 Å². The molecule has 2 aromatic rings. The molecule has 0 heterocycles. The quantitative estimate of drug-likeness (QED) is 0.758. The molecule has 0 bridgehead atoms. The summed E-state index contributed by atoms with van der Waals surface area (Å²) in [6.45, 7) is 8.91. The van der Waals surface area contributed by atoms with E-state index in [9.17, 15) is 5.11 Å². The summed E-state index contributed by atoms with van der Waals surface area (Å²) < 4.78 is 0. The first-order valence-electron chi connectivity index (χ1n) is 8.34. The van der Waals surface area contributed by atoms with Crippen molar-refractivity contribution in [3.8, 4) is 5.75 Å². The molecule has 0 fully saturated rings. The lowest BCUT2D eigenvalue weighted by molar-refractivity contribution is 0.459. The molecular weight excluding hydrogens is 268 g/mol. The first kappa shape index (κ1) is 16.6. The number of hydrogen-bond donors (Lipinski definition) is 1. The van der Waals surface area contributed by atoms with E-state index in [0.717, 1.165) is 24.8 Å². The van der Waals surface area contributed by atoms with Crippen LogP contribution in [0, 0.1) is 11.8 Å². The summed E-state index contributed by atoms with van der Waals surface area (Å²) in [5, 5.41) is 10.3. The van der Waals surface area contributed by atoms with Crippen molar-refractivity contribution in [2.75, 3.05) is 0 Å². The Morgan fingerprint density at radius 3 is 1.95 bits per heavy atom. The summed E-state index contributed by atoms with van der Waals surface area (Å²) in [5.41, 5.74) is 5.19. The van der Waals surface area contributed by atoms with Crippen LogP contribution in [-0.4, -0.2) is 5.11 Å². The first-order chi connectivity index (χ1) is 10.5. The number of aromatic hydroxyl groups is 1. The van der Waals surface area contributed by atoms with E-state index in [-0.39, 0.29) is 0 Å². The largest absolute Gasteiger partial charge is 0.508 e. The molecule has 1 N–H and O–H groups in total. The van der Waals surface area contributed by atoms with Crippen LogP contribution in [0.4, 0.5) is 0 Å². The zero-order valence-electron chi connectivity index (χ0n) is 14.3. The predicted octanol–water partition coefficient (Wildman–Crippen LogP) is 5.38. The minimum Gasteiger partial charge on any atom is -0.508 e. The fourth-order valence-corrected chi connectivity index (χ4v) is 3.01. The fraction of sp³-hybridized carbons (Fsp3) is 0.429. The number of benzene rings is 2. The average molecular weight is 296 g/mol. The van der Waals surface area contributed by atoms with Crippen LogP contribution in [0.5, 0.6) is 5.75 Å². The smallest absolute Gasteiger partial charge is 0.119 e. The maximum absolute atomic E-state index is 10.3. The molecular formula is C21H28O. The van der Waals surface area contributed by atoms with Crippen LogP contribution in [0.25, 0.3) is 0 Å². The molecule has 0 unspecified atom stereocenters. The van der Waals surface area contributed by atoms with Gasteiger partial charge in [0.25, 0.3) is 0 Å². The third-order valence-electron chi connectivity index (χ3n) is 3.97. The second kappa shape index (κ2) is 7.49. The Kier molecular flexibility index (Phi) is 5.65. The highest BCUT2D eigenvalue weighted by atomic mass is 16.3. The van der Waals surface area contributed by atoms with Gasteiger partial charge in [0.1, 0.15) is 5.75 Å². The van der Waals surface area contributed by atoms with Crippen molar-refractivity contribution in [1.82, 2.24) is 0 Å². The molecule has 1 heteroatoms. The molecule has 0 spiro atoms. The van der Waals surface area contributed by atoms with E-state index >= 15 is 0 Å². The van der Waals surface area contributed by atoms with Crippen molar-refractivity contribution in [3.63, 3.8) is 0 Å². The molecule has 118 valence electrons. The van der Waals surface area contributed by atoms with Crippen LogP contribution in [0.15, 0.2) is 42.5 Å². The lowest BCUT2D eigenvalue weighted by Gasteiger charge is -2.19. The van der Waals surface area contributed by atoms with Gasteiger partial charge in [-0.3, -0.25) is 0 Å². The summed E-state index contributed by atoms with van der Waals surface area (Å²) in [7, 11) is 0. The molecule has 0 radical (unpaired) electrons. The Morgan fingerprint density at radius 1 is 0.773 bits per heavy atom. The van der Waals surface area contributed by atoms with Gasteiger partial charge in [-0.05, 0) is 59.4 Å². The zero-order chi connectivity index (χ0) is 16.1. The highest BCUT2D eigenvalue weighted by molar-refractivity contribution is 5.46. The molecule has 0 aromatic heterocycles. The van der Waals surface area contributed by atoms with E-state index in [1.807, 2.05) is 6.07 Å². The van der Waals surface area contributed by atoms with Crippen molar-refractivity contribution in [1.29, 1.82) is 0 Å². The Hall–Kier alpha value is -1.76. The molecule has 0 saturated carbocycles. The van der Waals surface area contributed by atoms with Gasteiger partial charge in [-0.1, -0.05) is 64.1 Å². The van der Waals surface area contributed by atoms with Gasteiger partial charge in [0.05, 0.1) is 0 Å². The van der Waals surface area contributed by atoms with Gasteiger partial charge in [-0.2, -0.15) is 0 Å². The zero-order valence-corrected chi connectivity index (χ0v) is 14.3. The molecule has 22 heavy (non-hydrogen) atoms. The van der Waals surface area contributed by atoms with E-state index in [0.29, 0.717) is 17.6 Å². The van der Waals surface area contributed by atoms with Crippen LogP contribution in [0.3, 0.4) is 0 Å². The van der Waals surface area contributed by atoms with Gasteiger partial charge < -0.3 is 5.11 Å². The van der Waals surface area contributed by atoms with E-state index in [2.05, 4.69) is 64.1 Å². The van der Waals surface area contributed by atoms with Gasteiger partial charge in [-0.25, -0.2) is 0 Å². The predicted molar refractivity (Wildman–Crippen MR) is 94.4 cm³/mol. The summed E-state index contributed by atoms with van der Waals surface area (Å²) in [6.07, 6.45) is 2.91. The van der Waals surface area contributed by atoms with Gasteiger partial charge in [-0.15, -0.1) is 0 Å². The normalized spacial score (nSPS) is 11.4. The van der Waals surface area contributed by atoms with Gasteiger partial charge in [0.15, 0.2) is 0 Å². The number of rotatable bonds is 6. The highest BCUT2D eigenvalue weighted by Crippen LogP contribution is 2.30. The molecule has 1 nitrogen and oxygen atoms in total. The van der Waals surface area contributed by atoms with Crippen molar-refractivity contribution in [2.24, 2.45) is 11.8 Å². The summed E-state index contributed by atoms with van der Waals surface area (Å²) in [4.78, 5) is 0. The maximum atomic E-state index is 10.3. The van der Waals surface area contributed by atoms with Crippen molar-refractivity contribution in [3.05, 3.63) is 64.7 Å². The lowest BCUT2D eigenvalue weighted by Crippen LogP contribution is -2.07. The summed E-state index contributed by atoms with van der Waals surface area (Å²) in [6, 6.07) is 14.6. The molecule has 2 aromatic carbocycles. The average Bonchev–Trinajstić information content (AvgIpc) is 2.46. The molecule has 0 saturated heterocycles. The third kappa shape index (κ3) is 4.37. The van der Waals surface area contributed by atoms with E-state index < -0.39 is 0 Å². The van der Waals surface area contributed by atoms with Gasteiger partial charge in [0.2, 0.25) is 0 Å². The fourth-order valence-electron chi connectivity index (χ4n) is 3.01. The number of hydrogen-bond acceptors (Lipinski definition) is 1. The highest BCUT2D eigenvalue weighted by Gasteiger charge is 2.15. The first-order valence-corrected chi connectivity index (χ1v) is 8.34. The van der Waals surface area contributed by atoms with Crippen LogP contribution in [0.2, 0.25) is 0 Å². The number of phenols is 1. The topological polar surface area (TPSA) is 20.2 Å². The van der Waals surface area contributed by atoms with E-state index in [1.165, 1.54) is 16.7 Å². The monoisotopic (exact) mass is 296 g/mol. The van der Waals surface area contributed by atoms with Crippen LogP contribution in [-0.2, 0) is 19.3 Å². The SMILES string of the molecule is CC(C)Cc1c(O)ccc(Cc2ccccc2)c1CC(C)C. The van der Waals surface area contributed by atoms with Crippen molar-refractivity contribution >= 4 is 0 Å². The van der Waals surface area contributed by atoms with Gasteiger partial charge in [0, 0.05) is 0 Å². The molecule has 0 atom stereocenters. The standard InChI is InChI=1S/C21H28O/c1-15(2)12-19-18(14-17-8-6-5-7-9-17)10-11-21(22)20(19)13-16(3)4/h5-11,15-16,22H,12-14H2,1-4H3. The van der Waals surface area contributed by atoms with Crippen LogP contribution in [0.1, 0.15) is 49.9 Å². The Labute approximate surface area is 135 Å². The third-order valence-corrected chi connectivity index (χ3v) is 3.97. The van der Waals surface area contributed by atoms with Crippen molar-refractivity contribution < 1.29 is 5.11 Å². The maximum Gasteiger partial charge on any atom is 0.119 e. The van der Waals surface area contributed by atoms with Crippen LogP contribution >= 0.6 is 0 Å². The summed E-state index contributed by atoms with van der Waals surface area (Å²) in [5.74, 6) is 1.59. The Balaban J connectivity index is 2.43. The minimum atomic E-state index is 0.459. The second-order valence-corrected chi connectivity index (χ2v) is 7.06. The molecule has 0 aliphatic heterocycles. The minimum absolute atomic E-state index is 0.459. The van der Waals surface area contributed by atoms with E-state index in [1.54, 1.807) is 0 Å². The second-order valence-electron chi connectivity index (χ2n) is 7.06. The number of phenolic OH excluding ortho intramolecular Hbond substituents is 1. The van der Waals surface area contributed by atoms with Crippen molar-refractivity contribution in [2.45, 2.75) is 47.0 Å². The molecule has 0 aliphatic rings. The molecule has 0 amide bonds.